The molecule has 2 aromatic heterocycles. The van der Waals surface area contributed by atoms with Crippen molar-refractivity contribution < 1.29 is 13.2 Å². The van der Waals surface area contributed by atoms with Gasteiger partial charge in [-0.2, -0.15) is 18.3 Å². The van der Waals surface area contributed by atoms with Crippen LogP contribution in [-0.4, -0.2) is 31.1 Å². The first kappa shape index (κ1) is 15.2. The van der Waals surface area contributed by atoms with Crippen molar-refractivity contribution in [3.05, 3.63) is 23.8 Å². The van der Waals surface area contributed by atoms with E-state index in [4.69, 9.17) is 0 Å². The number of halogens is 3. The maximum Gasteiger partial charge on any atom is 0.408 e. The van der Waals surface area contributed by atoms with Crippen LogP contribution >= 0.6 is 0 Å². The average Bonchev–Trinajstić information content (AvgIpc) is 2.83. The number of nitrogens with one attached hydrogen (secondary N) is 1. The summed E-state index contributed by atoms with van der Waals surface area (Å²) in [5, 5.41) is 14.4. The number of alkyl halides is 3. The summed E-state index contributed by atoms with van der Waals surface area (Å²) in [6, 6.07) is 0. The number of hydrogen-bond acceptors (Lipinski definition) is 5. The highest BCUT2D eigenvalue weighted by molar-refractivity contribution is 5.50. The summed E-state index contributed by atoms with van der Waals surface area (Å²) in [6.07, 6.45) is -0.335. The van der Waals surface area contributed by atoms with Crippen molar-refractivity contribution in [3.63, 3.8) is 0 Å². The maximum atomic E-state index is 12.2. The van der Waals surface area contributed by atoms with Crippen LogP contribution in [0.5, 0.6) is 0 Å². The normalized spacial score (nSPS) is 11.7. The number of rotatable bonds is 5. The molecule has 0 bridgehead atoms. The molecular formula is C12H15F3N6. The minimum Gasteiger partial charge on any atom is -0.320 e. The van der Waals surface area contributed by atoms with Crippen LogP contribution in [0, 0.1) is 0 Å². The van der Waals surface area contributed by atoms with Crippen molar-refractivity contribution in [2.45, 2.75) is 39.4 Å². The average molecular weight is 300 g/mol. The first-order chi connectivity index (χ1) is 9.91. The molecule has 0 spiro atoms. The van der Waals surface area contributed by atoms with Crippen LogP contribution in [0.3, 0.4) is 0 Å². The molecule has 2 rings (SSSR count). The highest BCUT2D eigenvalue weighted by Gasteiger charge is 2.28. The van der Waals surface area contributed by atoms with E-state index in [9.17, 15) is 13.2 Å². The lowest BCUT2D eigenvalue weighted by Gasteiger charge is -2.06. The molecule has 0 aliphatic carbocycles. The van der Waals surface area contributed by atoms with Crippen molar-refractivity contribution in [1.29, 1.82) is 0 Å². The Morgan fingerprint density at radius 3 is 2.48 bits per heavy atom. The van der Waals surface area contributed by atoms with Gasteiger partial charge in [0.1, 0.15) is 6.54 Å². The van der Waals surface area contributed by atoms with Crippen molar-refractivity contribution in [2.24, 2.45) is 0 Å². The molecule has 2 heterocycles. The van der Waals surface area contributed by atoms with E-state index >= 15 is 0 Å². The zero-order chi connectivity index (χ0) is 15.5. The molecule has 0 aliphatic rings. The third-order valence-corrected chi connectivity index (χ3v) is 2.74. The van der Waals surface area contributed by atoms with E-state index in [1.807, 2.05) is 13.8 Å². The van der Waals surface area contributed by atoms with Gasteiger partial charge in [0.25, 0.3) is 0 Å². The monoisotopic (exact) mass is 300 g/mol. The number of aromatic nitrogens is 5. The summed E-state index contributed by atoms with van der Waals surface area (Å²) in [7, 11) is 0. The molecule has 0 saturated carbocycles. The van der Waals surface area contributed by atoms with Gasteiger partial charge in [-0.1, -0.05) is 13.8 Å². The standard InChI is InChI=1S/C12H15F3N6/c1-3-9-10(4-2)19-20-11(18-9)17-8-5-16-21(6-8)7-12(13,14)15/h5-6H,3-4,7H2,1-2H3,(H,17,18,20). The zero-order valence-electron chi connectivity index (χ0n) is 11.6. The van der Waals surface area contributed by atoms with Crippen LogP contribution < -0.4 is 5.32 Å². The maximum absolute atomic E-state index is 12.2. The van der Waals surface area contributed by atoms with Gasteiger partial charge >= 0.3 is 6.18 Å². The van der Waals surface area contributed by atoms with Gasteiger partial charge in [0.2, 0.25) is 5.95 Å². The van der Waals surface area contributed by atoms with Gasteiger partial charge in [-0.15, -0.1) is 10.2 Å². The number of anilines is 2. The van der Waals surface area contributed by atoms with Gasteiger partial charge in [-0.25, -0.2) is 4.98 Å². The first-order valence-electron chi connectivity index (χ1n) is 6.50. The van der Waals surface area contributed by atoms with E-state index < -0.39 is 12.7 Å². The summed E-state index contributed by atoms with van der Waals surface area (Å²) in [5.41, 5.74) is 2.01. The minimum atomic E-state index is -4.31. The molecule has 1 N–H and O–H groups in total. The van der Waals surface area contributed by atoms with E-state index in [0.29, 0.717) is 12.1 Å². The second-order valence-electron chi connectivity index (χ2n) is 4.40. The third-order valence-electron chi connectivity index (χ3n) is 2.74. The van der Waals surface area contributed by atoms with Crippen LogP contribution in [0.25, 0.3) is 0 Å². The summed E-state index contributed by atoms with van der Waals surface area (Å²) < 4.78 is 37.5. The summed E-state index contributed by atoms with van der Waals surface area (Å²) >= 11 is 0. The first-order valence-corrected chi connectivity index (χ1v) is 6.50. The molecule has 9 heteroatoms. The van der Waals surface area contributed by atoms with Crippen LogP contribution in [0.2, 0.25) is 0 Å². The van der Waals surface area contributed by atoms with Gasteiger partial charge < -0.3 is 5.32 Å². The summed E-state index contributed by atoms with van der Waals surface area (Å²) in [5.74, 6) is 0.246. The lowest BCUT2D eigenvalue weighted by atomic mass is 10.2. The Labute approximate surface area is 119 Å². The number of nitrogens with zero attached hydrogens (tertiary/aromatic N) is 5. The lowest BCUT2D eigenvalue weighted by molar-refractivity contribution is -0.142. The molecular weight excluding hydrogens is 285 g/mol. The van der Waals surface area contributed by atoms with Crippen molar-refractivity contribution >= 4 is 11.6 Å². The number of aryl methyl sites for hydroxylation is 2. The van der Waals surface area contributed by atoms with E-state index in [0.717, 1.165) is 22.5 Å². The van der Waals surface area contributed by atoms with E-state index in [1.165, 1.54) is 12.4 Å². The Bertz CT molecular complexity index is 607. The molecule has 21 heavy (non-hydrogen) atoms. The summed E-state index contributed by atoms with van der Waals surface area (Å²) in [4.78, 5) is 4.30. The second kappa shape index (κ2) is 6.06. The lowest BCUT2D eigenvalue weighted by Crippen LogP contribution is -2.17. The smallest absolute Gasteiger partial charge is 0.320 e. The Balaban J connectivity index is 2.11. The fraction of sp³-hybridized carbons (Fsp3) is 0.500. The molecule has 114 valence electrons. The van der Waals surface area contributed by atoms with Gasteiger partial charge in [-0.3, -0.25) is 4.68 Å². The molecule has 0 amide bonds. The Kier molecular flexibility index (Phi) is 4.39. The predicted molar refractivity (Wildman–Crippen MR) is 70.1 cm³/mol. The van der Waals surface area contributed by atoms with Crippen molar-refractivity contribution in [2.75, 3.05) is 5.32 Å². The van der Waals surface area contributed by atoms with Crippen LogP contribution in [0.4, 0.5) is 24.8 Å². The quantitative estimate of drug-likeness (QED) is 0.919. The molecule has 0 saturated heterocycles. The minimum absolute atomic E-state index is 0.246. The zero-order valence-corrected chi connectivity index (χ0v) is 11.6. The predicted octanol–water partition coefficient (Wildman–Crippen LogP) is 2.50. The van der Waals surface area contributed by atoms with Gasteiger partial charge in [0.05, 0.1) is 23.3 Å². The second-order valence-corrected chi connectivity index (χ2v) is 4.40. The Morgan fingerprint density at radius 1 is 1.14 bits per heavy atom. The van der Waals surface area contributed by atoms with Crippen LogP contribution in [-0.2, 0) is 19.4 Å². The highest BCUT2D eigenvalue weighted by Crippen LogP contribution is 2.19. The van der Waals surface area contributed by atoms with E-state index in [-0.39, 0.29) is 5.95 Å². The number of hydrogen-bond donors (Lipinski definition) is 1. The molecule has 0 fully saturated rings. The van der Waals surface area contributed by atoms with Crippen molar-refractivity contribution in [1.82, 2.24) is 25.0 Å². The Morgan fingerprint density at radius 2 is 1.86 bits per heavy atom. The molecule has 6 nitrogen and oxygen atoms in total. The highest BCUT2D eigenvalue weighted by atomic mass is 19.4. The largest absolute Gasteiger partial charge is 0.408 e. The molecule has 0 aromatic carbocycles. The molecule has 0 aliphatic heterocycles. The SMILES string of the molecule is CCc1nnc(Nc2cnn(CC(F)(F)F)c2)nc1CC. The van der Waals surface area contributed by atoms with Gasteiger partial charge in [0, 0.05) is 6.20 Å². The fourth-order valence-corrected chi connectivity index (χ4v) is 1.82. The van der Waals surface area contributed by atoms with Crippen LogP contribution in [0.15, 0.2) is 12.4 Å². The third kappa shape index (κ3) is 4.14. The van der Waals surface area contributed by atoms with Crippen LogP contribution in [0.1, 0.15) is 25.2 Å². The van der Waals surface area contributed by atoms with E-state index in [2.05, 4.69) is 25.6 Å². The van der Waals surface area contributed by atoms with Gasteiger partial charge in [-0.05, 0) is 12.8 Å². The molecule has 0 atom stereocenters. The fourth-order valence-electron chi connectivity index (χ4n) is 1.82. The molecule has 0 radical (unpaired) electrons. The topological polar surface area (TPSA) is 68.5 Å². The molecule has 0 unspecified atom stereocenters. The van der Waals surface area contributed by atoms with E-state index in [1.54, 1.807) is 0 Å². The summed E-state index contributed by atoms with van der Waals surface area (Å²) in [6.45, 7) is 2.77. The molecule has 2 aromatic rings. The van der Waals surface area contributed by atoms with Gasteiger partial charge in [0.15, 0.2) is 0 Å². The Hall–Kier alpha value is -2.19. The van der Waals surface area contributed by atoms with Crippen molar-refractivity contribution in [3.8, 4) is 0 Å².